The molecule has 0 unspecified atom stereocenters. The van der Waals surface area contributed by atoms with Gasteiger partial charge in [0.2, 0.25) is 0 Å². The van der Waals surface area contributed by atoms with E-state index in [-0.39, 0.29) is 29.8 Å². The number of ether oxygens (including phenoxy) is 2. The van der Waals surface area contributed by atoms with E-state index in [0.29, 0.717) is 0 Å². The van der Waals surface area contributed by atoms with Gasteiger partial charge in [-0.1, -0.05) is 86.7 Å². The zero-order valence-electron chi connectivity index (χ0n) is 17.3. The smallest absolute Gasteiger partial charge is 0.310 e. The monoisotopic (exact) mass is 398 g/mol. The molecule has 152 valence electrons. The summed E-state index contributed by atoms with van der Waals surface area (Å²) in [5.41, 5.74) is 1.97. The molecule has 0 radical (unpaired) electrons. The Morgan fingerprint density at radius 1 is 0.900 bits per heavy atom. The van der Waals surface area contributed by atoms with Crippen LogP contribution in [0.15, 0.2) is 91.0 Å². The quantitative estimate of drug-likeness (QED) is 0.426. The normalized spacial score (nSPS) is 19.4. The minimum atomic E-state index is -0.142. The Hall–Kier alpha value is -3.33. The summed E-state index contributed by atoms with van der Waals surface area (Å²) in [4.78, 5) is 12.7. The standard InChI is InChI=1S/C27H26O3/c1-27(2)24(17-16-20-10-5-3-6-11-20)25(27)26(28)29-19-21-12-9-15-23(18-21)30-22-13-7-4-8-14-22/h3-18,24-25H,19H2,1-2H3/b17-16-/t24-,25+/m1/s1. The van der Waals surface area contributed by atoms with E-state index in [4.69, 9.17) is 9.47 Å². The van der Waals surface area contributed by atoms with Gasteiger partial charge >= 0.3 is 5.97 Å². The van der Waals surface area contributed by atoms with E-state index in [0.717, 1.165) is 22.6 Å². The number of rotatable bonds is 7. The summed E-state index contributed by atoms with van der Waals surface area (Å²) >= 11 is 0. The minimum Gasteiger partial charge on any atom is -0.461 e. The van der Waals surface area contributed by atoms with Crippen LogP contribution in [0.1, 0.15) is 25.0 Å². The first-order chi connectivity index (χ1) is 14.5. The maximum Gasteiger partial charge on any atom is 0.310 e. The van der Waals surface area contributed by atoms with E-state index < -0.39 is 0 Å². The average Bonchev–Trinajstić information content (AvgIpc) is 3.32. The number of allylic oxidation sites excluding steroid dienone is 1. The topological polar surface area (TPSA) is 35.5 Å². The van der Waals surface area contributed by atoms with Gasteiger partial charge in [0.05, 0.1) is 5.92 Å². The van der Waals surface area contributed by atoms with Crippen molar-refractivity contribution in [3.8, 4) is 11.5 Å². The highest BCUT2D eigenvalue weighted by Gasteiger charge is 2.61. The summed E-state index contributed by atoms with van der Waals surface area (Å²) in [7, 11) is 0. The molecule has 0 amide bonds. The molecule has 2 atom stereocenters. The summed E-state index contributed by atoms with van der Waals surface area (Å²) in [6.45, 7) is 4.48. The predicted octanol–water partition coefficient (Wildman–Crippen LogP) is 6.51. The van der Waals surface area contributed by atoms with Crippen molar-refractivity contribution in [1.29, 1.82) is 0 Å². The Morgan fingerprint density at radius 2 is 1.57 bits per heavy atom. The Kier molecular flexibility index (Phi) is 5.71. The number of carbonyl (C=O) groups is 1. The second-order valence-corrected chi connectivity index (χ2v) is 8.26. The molecule has 0 aromatic heterocycles. The van der Waals surface area contributed by atoms with Gasteiger partial charge in [0, 0.05) is 0 Å². The lowest BCUT2D eigenvalue weighted by atomic mass is 10.1. The zero-order valence-corrected chi connectivity index (χ0v) is 17.3. The van der Waals surface area contributed by atoms with Crippen molar-refractivity contribution in [3.05, 3.63) is 102 Å². The fraction of sp³-hybridized carbons (Fsp3) is 0.222. The van der Waals surface area contributed by atoms with Gasteiger partial charge in [-0.3, -0.25) is 4.79 Å². The van der Waals surface area contributed by atoms with E-state index in [1.54, 1.807) is 0 Å². The number of benzene rings is 3. The van der Waals surface area contributed by atoms with E-state index >= 15 is 0 Å². The molecule has 4 rings (SSSR count). The van der Waals surface area contributed by atoms with E-state index in [1.807, 2.05) is 72.8 Å². The van der Waals surface area contributed by atoms with Crippen molar-refractivity contribution in [2.24, 2.45) is 17.3 Å². The Balaban J connectivity index is 1.34. The molecule has 1 aliphatic carbocycles. The van der Waals surface area contributed by atoms with Gasteiger partial charge in [-0.2, -0.15) is 0 Å². The van der Waals surface area contributed by atoms with Crippen molar-refractivity contribution < 1.29 is 14.3 Å². The lowest BCUT2D eigenvalue weighted by Crippen LogP contribution is -2.10. The number of hydrogen-bond acceptors (Lipinski definition) is 3. The van der Waals surface area contributed by atoms with Crippen molar-refractivity contribution >= 4 is 12.0 Å². The third-order valence-corrected chi connectivity index (χ3v) is 5.72. The van der Waals surface area contributed by atoms with Gasteiger partial charge in [-0.15, -0.1) is 0 Å². The predicted molar refractivity (Wildman–Crippen MR) is 119 cm³/mol. The third kappa shape index (κ3) is 4.62. The molecule has 0 bridgehead atoms. The van der Waals surface area contributed by atoms with Crippen molar-refractivity contribution in [2.75, 3.05) is 0 Å². The van der Waals surface area contributed by atoms with Crippen LogP contribution in [0.5, 0.6) is 11.5 Å². The molecular formula is C27H26O3. The molecule has 1 aliphatic rings. The lowest BCUT2D eigenvalue weighted by Gasteiger charge is -2.09. The first kappa shape index (κ1) is 20.0. The highest BCUT2D eigenvalue weighted by atomic mass is 16.5. The molecule has 0 spiro atoms. The molecule has 0 N–H and O–H groups in total. The minimum absolute atomic E-state index is 0.0827. The third-order valence-electron chi connectivity index (χ3n) is 5.72. The molecule has 0 heterocycles. The summed E-state index contributed by atoms with van der Waals surface area (Å²) < 4.78 is 11.5. The van der Waals surface area contributed by atoms with E-state index in [9.17, 15) is 4.79 Å². The molecule has 0 saturated heterocycles. The van der Waals surface area contributed by atoms with Gasteiger partial charge < -0.3 is 9.47 Å². The largest absolute Gasteiger partial charge is 0.461 e. The van der Waals surface area contributed by atoms with Gasteiger partial charge in [-0.05, 0) is 46.7 Å². The van der Waals surface area contributed by atoms with Crippen LogP contribution in [0.4, 0.5) is 0 Å². The maximum atomic E-state index is 12.7. The molecule has 3 aromatic rings. The zero-order chi connectivity index (χ0) is 21.0. The van der Waals surface area contributed by atoms with Crippen LogP contribution >= 0.6 is 0 Å². The summed E-state index contributed by atoms with van der Waals surface area (Å²) in [5, 5.41) is 0. The summed E-state index contributed by atoms with van der Waals surface area (Å²) in [6.07, 6.45) is 4.22. The van der Waals surface area contributed by atoms with Crippen LogP contribution in [0, 0.1) is 17.3 Å². The Morgan fingerprint density at radius 3 is 2.30 bits per heavy atom. The van der Waals surface area contributed by atoms with Crippen LogP contribution < -0.4 is 4.74 Å². The van der Waals surface area contributed by atoms with E-state index in [2.05, 4.69) is 38.1 Å². The van der Waals surface area contributed by atoms with Crippen LogP contribution in [0.2, 0.25) is 0 Å². The molecule has 3 aromatic carbocycles. The average molecular weight is 399 g/mol. The fourth-order valence-electron chi connectivity index (χ4n) is 3.83. The van der Waals surface area contributed by atoms with E-state index in [1.165, 1.54) is 0 Å². The SMILES string of the molecule is CC1(C)[C@H](/C=C\c2ccccc2)[C@H]1C(=O)OCc1cccc(Oc2ccccc2)c1. The van der Waals surface area contributed by atoms with Gasteiger partial charge in [0.25, 0.3) is 0 Å². The molecule has 0 aliphatic heterocycles. The lowest BCUT2D eigenvalue weighted by molar-refractivity contribution is -0.147. The molecule has 3 heteroatoms. The van der Waals surface area contributed by atoms with Gasteiger partial charge in [0.15, 0.2) is 0 Å². The van der Waals surface area contributed by atoms with Crippen LogP contribution in [0.3, 0.4) is 0 Å². The number of esters is 1. The van der Waals surface area contributed by atoms with Crippen molar-refractivity contribution in [1.82, 2.24) is 0 Å². The summed E-state index contributed by atoms with van der Waals surface area (Å²) in [5.74, 6) is 1.45. The fourth-order valence-corrected chi connectivity index (χ4v) is 3.83. The van der Waals surface area contributed by atoms with Gasteiger partial charge in [0.1, 0.15) is 18.1 Å². The first-order valence-corrected chi connectivity index (χ1v) is 10.3. The molecule has 1 saturated carbocycles. The van der Waals surface area contributed by atoms with Gasteiger partial charge in [-0.25, -0.2) is 0 Å². The van der Waals surface area contributed by atoms with Crippen LogP contribution in [-0.2, 0) is 16.1 Å². The second kappa shape index (κ2) is 8.58. The second-order valence-electron chi connectivity index (χ2n) is 8.26. The van der Waals surface area contributed by atoms with Crippen molar-refractivity contribution in [2.45, 2.75) is 20.5 Å². The maximum absolute atomic E-state index is 12.7. The number of hydrogen-bond donors (Lipinski definition) is 0. The van der Waals surface area contributed by atoms with Crippen LogP contribution in [0.25, 0.3) is 6.08 Å². The Labute approximate surface area is 178 Å². The molecular weight excluding hydrogens is 372 g/mol. The molecule has 30 heavy (non-hydrogen) atoms. The van der Waals surface area contributed by atoms with Crippen molar-refractivity contribution in [3.63, 3.8) is 0 Å². The number of para-hydroxylation sites is 1. The molecule has 3 nitrogen and oxygen atoms in total. The highest BCUT2D eigenvalue weighted by molar-refractivity contribution is 5.78. The highest BCUT2D eigenvalue weighted by Crippen LogP contribution is 2.59. The summed E-state index contributed by atoms with van der Waals surface area (Å²) in [6, 6.07) is 27.4. The molecule has 1 fully saturated rings. The number of carbonyl (C=O) groups excluding carboxylic acids is 1. The Bertz CT molecular complexity index is 1020. The van der Waals surface area contributed by atoms with Crippen LogP contribution in [-0.4, -0.2) is 5.97 Å². The first-order valence-electron chi connectivity index (χ1n) is 10.3.